The van der Waals surface area contributed by atoms with Gasteiger partial charge in [0.25, 0.3) is 5.91 Å². The van der Waals surface area contributed by atoms with Gasteiger partial charge >= 0.3 is 0 Å². The van der Waals surface area contributed by atoms with Gasteiger partial charge in [-0.15, -0.1) is 11.8 Å². The fraction of sp³-hybridized carbons (Fsp3) is 0.417. The van der Waals surface area contributed by atoms with Gasteiger partial charge in [-0.2, -0.15) is 4.31 Å². The van der Waals surface area contributed by atoms with Gasteiger partial charge in [0, 0.05) is 31.0 Å². The van der Waals surface area contributed by atoms with Gasteiger partial charge in [-0.25, -0.2) is 8.42 Å². The SMILES string of the molecule is Cc1ccc(C(=O)N2CSC[C@H]2C(=O)NCc2ccccc2)cc1S(=O)(=O)N1CCCCC1. The van der Waals surface area contributed by atoms with Crippen LogP contribution in [0, 0.1) is 6.92 Å². The molecule has 0 bridgehead atoms. The van der Waals surface area contributed by atoms with Crippen molar-refractivity contribution in [2.24, 2.45) is 0 Å². The van der Waals surface area contributed by atoms with Gasteiger partial charge in [0.05, 0.1) is 10.8 Å². The lowest BCUT2D eigenvalue weighted by Gasteiger charge is -2.27. The van der Waals surface area contributed by atoms with Crippen molar-refractivity contribution < 1.29 is 18.0 Å². The Morgan fingerprint density at radius 1 is 1.06 bits per heavy atom. The van der Waals surface area contributed by atoms with Crippen LogP contribution < -0.4 is 5.32 Å². The highest BCUT2D eigenvalue weighted by molar-refractivity contribution is 7.99. The first-order valence-corrected chi connectivity index (χ1v) is 13.8. The maximum Gasteiger partial charge on any atom is 0.255 e. The maximum atomic E-state index is 13.3. The number of carbonyl (C=O) groups is 2. The highest BCUT2D eigenvalue weighted by atomic mass is 32.2. The Hall–Kier alpha value is -2.36. The van der Waals surface area contributed by atoms with Crippen LogP contribution in [0.3, 0.4) is 0 Å². The Morgan fingerprint density at radius 3 is 2.52 bits per heavy atom. The van der Waals surface area contributed by atoms with E-state index in [1.165, 1.54) is 27.0 Å². The van der Waals surface area contributed by atoms with E-state index in [1.54, 1.807) is 19.1 Å². The van der Waals surface area contributed by atoms with Crippen LogP contribution in [0.15, 0.2) is 53.4 Å². The van der Waals surface area contributed by atoms with Crippen LogP contribution in [0.25, 0.3) is 0 Å². The molecule has 7 nitrogen and oxygen atoms in total. The summed E-state index contributed by atoms with van der Waals surface area (Å²) in [6.45, 7) is 3.15. The molecule has 2 aromatic carbocycles. The molecule has 2 aliphatic rings. The molecule has 176 valence electrons. The number of sulfonamides is 1. The molecule has 0 radical (unpaired) electrons. The predicted molar refractivity (Wildman–Crippen MR) is 129 cm³/mol. The van der Waals surface area contributed by atoms with Gasteiger partial charge in [0.1, 0.15) is 6.04 Å². The van der Waals surface area contributed by atoms with Crippen LogP contribution in [-0.2, 0) is 21.4 Å². The van der Waals surface area contributed by atoms with E-state index in [2.05, 4.69) is 5.32 Å². The van der Waals surface area contributed by atoms with Gasteiger partial charge in [-0.3, -0.25) is 9.59 Å². The fourth-order valence-electron chi connectivity index (χ4n) is 4.18. The molecule has 0 unspecified atom stereocenters. The predicted octanol–water partition coefficient (Wildman–Crippen LogP) is 3.00. The quantitative estimate of drug-likeness (QED) is 0.677. The minimum atomic E-state index is -3.66. The zero-order valence-electron chi connectivity index (χ0n) is 18.7. The number of thioether (sulfide) groups is 1. The second kappa shape index (κ2) is 10.3. The minimum Gasteiger partial charge on any atom is -0.350 e. The van der Waals surface area contributed by atoms with E-state index in [-0.39, 0.29) is 16.7 Å². The highest BCUT2D eigenvalue weighted by Gasteiger charge is 2.36. The molecular weight excluding hydrogens is 458 g/mol. The molecule has 0 aromatic heterocycles. The number of hydrogen-bond donors (Lipinski definition) is 1. The molecule has 2 aromatic rings. The van der Waals surface area contributed by atoms with E-state index < -0.39 is 16.1 Å². The second-order valence-corrected chi connectivity index (χ2v) is 11.3. The maximum absolute atomic E-state index is 13.3. The van der Waals surface area contributed by atoms with E-state index >= 15 is 0 Å². The van der Waals surface area contributed by atoms with Crippen molar-refractivity contribution in [3.63, 3.8) is 0 Å². The summed E-state index contributed by atoms with van der Waals surface area (Å²) >= 11 is 1.52. The van der Waals surface area contributed by atoms with Gasteiger partial charge in [0.2, 0.25) is 15.9 Å². The number of piperidine rings is 1. The van der Waals surface area contributed by atoms with Gasteiger partial charge < -0.3 is 10.2 Å². The van der Waals surface area contributed by atoms with Gasteiger partial charge in [0.15, 0.2) is 0 Å². The topological polar surface area (TPSA) is 86.8 Å². The Kier molecular flexibility index (Phi) is 7.41. The Labute approximate surface area is 199 Å². The van der Waals surface area contributed by atoms with Crippen molar-refractivity contribution in [2.75, 3.05) is 24.7 Å². The zero-order chi connectivity index (χ0) is 23.4. The molecule has 0 aliphatic carbocycles. The van der Waals surface area contributed by atoms with Crippen LogP contribution in [-0.4, -0.2) is 60.2 Å². The normalized spacial score (nSPS) is 19.4. The summed E-state index contributed by atoms with van der Waals surface area (Å²) in [5.41, 5.74) is 1.89. The van der Waals surface area contributed by atoms with Crippen LogP contribution in [0.2, 0.25) is 0 Å². The summed E-state index contributed by atoms with van der Waals surface area (Å²) in [6.07, 6.45) is 2.73. The molecule has 1 N–H and O–H groups in total. The van der Waals surface area contributed by atoms with Crippen molar-refractivity contribution in [3.05, 3.63) is 65.2 Å². The van der Waals surface area contributed by atoms with Crippen molar-refractivity contribution >= 4 is 33.6 Å². The van der Waals surface area contributed by atoms with E-state index in [4.69, 9.17) is 0 Å². The van der Waals surface area contributed by atoms with Crippen LogP contribution >= 0.6 is 11.8 Å². The molecule has 2 amide bonds. The number of hydrogen-bond acceptors (Lipinski definition) is 5. The fourth-order valence-corrected chi connectivity index (χ4v) is 7.11. The summed E-state index contributed by atoms with van der Waals surface area (Å²) in [6, 6.07) is 13.8. The Balaban J connectivity index is 1.51. The monoisotopic (exact) mass is 487 g/mol. The molecule has 0 spiro atoms. The van der Waals surface area contributed by atoms with Crippen LogP contribution in [0.5, 0.6) is 0 Å². The molecule has 2 fully saturated rings. The molecule has 0 saturated carbocycles. The third kappa shape index (κ3) is 5.26. The van der Waals surface area contributed by atoms with Crippen molar-refractivity contribution in [3.8, 4) is 0 Å². The van der Waals surface area contributed by atoms with E-state index in [0.29, 0.717) is 42.4 Å². The lowest BCUT2D eigenvalue weighted by Crippen LogP contribution is -2.47. The first kappa shape index (κ1) is 23.8. The number of carbonyl (C=O) groups excluding carboxylic acids is 2. The molecule has 33 heavy (non-hydrogen) atoms. The summed E-state index contributed by atoms with van der Waals surface area (Å²) < 4.78 is 28.0. The number of amides is 2. The van der Waals surface area contributed by atoms with Crippen LogP contribution in [0.1, 0.15) is 40.7 Å². The molecule has 2 heterocycles. The average molecular weight is 488 g/mol. The van der Waals surface area contributed by atoms with E-state index in [1.807, 2.05) is 30.3 Å². The average Bonchev–Trinajstić information content (AvgIpc) is 3.33. The largest absolute Gasteiger partial charge is 0.350 e. The molecule has 2 aliphatic heterocycles. The second-order valence-electron chi connectivity index (χ2n) is 8.44. The first-order chi connectivity index (χ1) is 15.9. The molecule has 1 atom stereocenters. The molecule has 4 rings (SSSR count). The number of nitrogens with one attached hydrogen (secondary N) is 1. The summed E-state index contributed by atoms with van der Waals surface area (Å²) in [4.78, 5) is 27.9. The summed E-state index contributed by atoms with van der Waals surface area (Å²) in [7, 11) is -3.66. The third-order valence-electron chi connectivity index (χ3n) is 6.12. The van der Waals surface area contributed by atoms with E-state index in [9.17, 15) is 18.0 Å². The summed E-state index contributed by atoms with van der Waals surface area (Å²) in [5, 5.41) is 2.92. The number of nitrogens with zero attached hydrogens (tertiary/aromatic N) is 2. The van der Waals surface area contributed by atoms with Gasteiger partial charge in [-0.05, 0) is 43.0 Å². The smallest absolute Gasteiger partial charge is 0.255 e. The Morgan fingerprint density at radius 2 is 1.79 bits per heavy atom. The lowest BCUT2D eigenvalue weighted by molar-refractivity contribution is -0.124. The first-order valence-electron chi connectivity index (χ1n) is 11.2. The van der Waals surface area contributed by atoms with Crippen LogP contribution in [0.4, 0.5) is 0 Å². The molecular formula is C24H29N3O4S2. The minimum absolute atomic E-state index is 0.173. The number of aryl methyl sites for hydroxylation is 1. The van der Waals surface area contributed by atoms with Gasteiger partial charge in [-0.1, -0.05) is 42.8 Å². The number of rotatable bonds is 6. The van der Waals surface area contributed by atoms with Crippen molar-refractivity contribution in [2.45, 2.75) is 43.7 Å². The highest BCUT2D eigenvalue weighted by Crippen LogP contribution is 2.27. The Bertz CT molecular complexity index is 1120. The standard InChI is InChI=1S/C24H29N3O4S2/c1-18-10-11-20(14-22(18)33(30,31)26-12-6-3-7-13-26)24(29)27-17-32-16-21(27)23(28)25-15-19-8-4-2-5-9-19/h2,4-5,8-11,14,21H,3,6-7,12-13,15-17H2,1H3,(H,25,28)/t21-/m0/s1. The number of benzene rings is 2. The van der Waals surface area contributed by atoms with E-state index in [0.717, 1.165) is 24.8 Å². The lowest BCUT2D eigenvalue weighted by atomic mass is 10.1. The molecule has 2 saturated heterocycles. The zero-order valence-corrected chi connectivity index (χ0v) is 20.3. The van der Waals surface area contributed by atoms with Crippen molar-refractivity contribution in [1.82, 2.24) is 14.5 Å². The van der Waals surface area contributed by atoms with Crippen molar-refractivity contribution in [1.29, 1.82) is 0 Å². The third-order valence-corrected chi connectivity index (χ3v) is 9.18. The molecule has 9 heteroatoms. The summed E-state index contributed by atoms with van der Waals surface area (Å²) in [5.74, 6) is 0.377.